The van der Waals surface area contributed by atoms with Gasteiger partial charge < -0.3 is 26.2 Å². The molecule has 0 spiro atoms. The van der Waals surface area contributed by atoms with Gasteiger partial charge in [0.25, 0.3) is 5.56 Å². The van der Waals surface area contributed by atoms with Crippen molar-refractivity contribution in [3.05, 3.63) is 51.9 Å². The van der Waals surface area contributed by atoms with E-state index in [2.05, 4.69) is 15.3 Å². The number of hydrogen-bond donors (Lipinski definition) is 4. The topological polar surface area (TPSA) is 171 Å². The molecule has 2 aliphatic carbocycles. The third-order valence-corrected chi connectivity index (χ3v) is 10.6. The summed E-state index contributed by atoms with van der Waals surface area (Å²) in [5, 5.41) is 11.2. The molecule has 5 N–H and O–H groups in total. The molecule has 0 amide bonds. The first-order valence-electron chi connectivity index (χ1n) is 15.1. The summed E-state index contributed by atoms with van der Waals surface area (Å²) >= 11 is 0. The minimum Gasteiger partial charge on any atom is -0.460 e. The number of nitrogens with two attached hydrogens (primary N) is 1. The van der Waals surface area contributed by atoms with Crippen LogP contribution in [0.5, 0.6) is 0 Å². The van der Waals surface area contributed by atoms with Gasteiger partial charge in [0, 0.05) is 37.0 Å². The average Bonchev–Trinajstić information content (AvgIpc) is 3.22. The van der Waals surface area contributed by atoms with Gasteiger partial charge in [-0.25, -0.2) is 13.4 Å². The molecule has 0 unspecified atom stereocenters. The number of aromatic nitrogens is 1. The van der Waals surface area contributed by atoms with Gasteiger partial charge >= 0.3 is 5.97 Å². The third kappa shape index (κ3) is 6.70. The van der Waals surface area contributed by atoms with Gasteiger partial charge in [0.2, 0.25) is 10.0 Å². The van der Waals surface area contributed by atoms with E-state index in [-0.39, 0.29) is 58.3 Å². The Morgan fingerprint density at radius 3 is 2.56 bits per heavy atom. The minimum atomic E-state index is -3.69. The fraction of sp³-hybridized carbons (Fsp3) is 0.548. The van der Waals surface area contributed by atoms with E-state index in [9.17, 15) is 18.0 Å². The second-order valence-corrected chi connectivity index (χ2v) is 14.7. The standard InChI is InChI=1S/C31H42N6O5S/c1-31(2,3)42-30(39)19-8-11-23(12-9-19)37-18-21-16-22(10-13-26(21)43(37,40)41)35-28(33)27-25(14-15-34-29(27)38)36-24-7-5-4-6-20(24)17-32/h10,13-17,19-20,23-24,32H,4-9,11-12,18H2,1-3H3,(H2,33,35)(H2,34,36,38)/t19?,20-,23?,24+/m1/s1. The monoisotopic (exact) mass is 610 g/mol. The number of hydrogen-bond acceptors (Lipinski definition) is 8. The van der Waals surface area contributed by atoms with Crippen molar-refractivity contribution in [3.8, 4) is 0 Å². The number of aromatic amines is 1. The van der Waals surface area contributed by atoms with Gasteiger partial charge in [-0.3, -0.25) is 9.59 Å². The SMILES string of the molecule is CC(C)(C)OC(=O)C1CCC(N2Cc3cc(N=C(N)c4c(N[C@H]5CCCC[C@@H]5C=N)cc[nH]c4=O)ccc3S2(=O)=O)CC1. The van der Waals surface area contributed by atoms with Crippen LogP contribution in [0.4, 0.5) is 11.4 Å². The Balaban J connectivity index is 1.32. The molecule has 0 saturated heterocycles. The number of carbonyl (C=O) groups excluding carboxylic acids is 1. The van der Waals surface area contributed by atoms with Crippen molar-refractivity contribution in [3.63, 3.8) is 0 Å². The van der Waals surface area contributed by atoms with E-state index in [1.165, 1.54) is 10.5 Å². The molecule has 1 aliphatic heterocycles. The maximum atomic E-state index is 13.5. The summed E-state index contributed by atoms with van der Waals surface area (Å²) in [6.07, 6.45) is 9.28. The number of sulfonamides is 1. The molecule has 2 saturated carbocycles. The van der Waals surface area contributed by atoms with Gasteiger partial charge in [0.1, 0.15) is 17.0 Å². The molecule has 2 fully saturated rings. The predicted octanol–water partition coefficient (Wildman–Crippen LogP) is 4.44. The second kappa shape index (κ2) is 12.2. The normalized spacial score (nSPS) is 26.0. The van der Waals surface area contributed by atoms with Crippen molar-refractivity contribution in [1.82, 2.24) is 9.29 Å². The minimum absolute atomic E-state index is 0.0182. The van der Waals surface area contributed by atoms with Gasteiger partial charge in [0.15, 0.2) is 0 Å². The van der Waals surface area contributed by atoms with Crippen LogP contribution < -0.4 is 16.6 Å². The number of nitrogens with zero attached hydrogens (tertiary/aromatic N) is 2. The molecular weight excluding hydrogens is 568 g/mol. The maximum absolute atomic E-state index is 13.5. The number of rotatable bonds is 7. The molecular formula is C31H42N6O5S. The van der Waals surface area contributed by atoms with Gasteiger partial charge in [-0.1, -0.05) is 12.8 Å². The fourth-order valence-electron chi connectivity index (χ4n) is 6.49. The number of anilines is 1. The smallest absolute Gasteiger partial charge is 0.309 e. The number of pyridine rings is 1. The molecule has 2 heterocycles. The molecule has 2 aromatic rings. The van der Waals surface area contributed by atoms with Crippen molar-refractivity contribution >= 4 is 39.4 Å². The van der Waals surface area contributed by atoms with Crippen molar-refractivity contribution in [1.29, 1.82) is 5.41 Å². The molecule has 3 aliphatic rings. The first-order chi connectivity index (χ1) is 20.4. The lowest BCUT2D eigenvalue weighted by Gasteiger charge is -2.33. The summed E-state index contributed by atoms with van der Waals surface area (Å²) in [4.78, 5) is 32.8. The van der Waals surface area contributed by atoms with Crippen molar-refractivity contribution in [2.45, 2.75) is 101 Å². The summed E-state index contributed by atoms with van der Waals surface area (Å²) in [5.41, 5.74) is 7.31. The zero-order valence-corrected chi connectivity index (χ0v) is 25.9. The Bertz CT molecular complexity index is 1570. The highest BCUT2D eigenvalue weighted by Crippen LogP contribution is 2.39. The highest BCUT2D eigenvalue weighted by molar-refractivity contribution is 7.89. The Morgan fingerprint density at radius 1 is 1.14 bits per heavy atom. The van der Waals surface area contributed by atoms with Crippen LogP contribution in [-0.2, 0) is 26.1 Å². The lowest BCUT2D eigenvalue weighted by Crippen LogP contribution is -2.40. The highest BCUT2D eigenvalue weighted by Gasteiger charge is 2.42. The van der Waals surface area contributed by atoms with E-state index < -0.39 is 15.6 Å². The van der Waals surface area contributed by atoms with E-state index in [0.717, 1.165) is 25.7 Å². The van der Waals surface area contributed by atoms with E-state index in [1.54, 1.807) is 30.5 Å². The van der Waals surface area contributed by atoms with Crippen LogP contribution in [0, 0.1) is 17.2 Å². The highest BCUT2D eigenvalue weighted by atomic mass is 32.2. The molecule has 5 rings (SSSR count). The largest absolute Gasteiger partial charge is 0.460 e. The third-order valence-electron chi connectivity index (χ3n) is 8.64. The quantitative estimate of drug-likeness (QED) is 0.204. The summed E-state index contributed by atoms with van der Waals surface area (Å²) in [6.45, 7) is 5.75. The molecule has 1 aromatic carbocycles. The van der Waals surface area contributed by atoms with Crippen LogP contribution in [-0.4, -0.2) is 53.4 Å². The Kier molecular flexibility index (Phi) is 8.80. The second-order valence-electron chi connectivity index (χ2n) is 12.8. The van der Waals surface area contributed by atoms with Crippen LogP contribution in [0.3, 0.4) is 0 Å². The van der Waals surface area contributed by atoms with Gasteiger partial charge in [0.05, 0.1) is 22.2 Å². The van der Waals surface area contributed by atoms with Gasteiger partial charge in [-0.15, -0.1) is 0 Å². The summed E-state index contributed by atoms with van der Waals surface area (Å²) in [5.74, 6) is -0.345. The van der Waals surface area contributed by atoms with E-state index >= 15 is 0 Å². The number of ether oxygens (including phenoxy) is 1. The molecule has 2 atom stereocenters. The average molecular weight is 611 g/mol. The van der Waals surface area contributed by atoms with Crippen molar-refractivity contribution in [2.75, 3.05) is 5.32 Å². The van der Waals surface area contributed by atoms with Crippen molar-refractivity contribution in [2.24, 2.45) is 22.6 Å². The molecule has 232 valence electrons. The fourth-order valence-corrected chi connectivity index (χ4v) is 8.35. The number of H-pyrrole nitrogens is 1. The number of benzene rings is 1. The summed E-state index contributed by atoms with van der Waals surface area (Å²) in [7, 11) is -3.69. The number of aliphatic imine (C=N–C) groups is 1. The predicted molar refractivity (Wildman–Crippen MR) is 166 cm³/mol. The van der Waals surface area contributed by atoms with Crippen molar-refractivity contribution < 1.29 is 17.9 Å². The van der Waals surface area contributed by atoms with Crippen LogP contribution in [0.2, 0.25) is 0 Å². The van der Waals surface area contributed by atoms with Crippen LogP contribution in [0.1, 0.15) is 83.3 Å². The molecule has 1 aromatic heterocycles. The zero-order valence-electron chi connectivity index (χ0n) is 25.1. The molecule has 0 radical (unpaired) electrons. The Labute approximate surface area is 252 Å². The number of nitrogens with one attached hydrogen (secondary N) is 3. The van der Waals surface area contributed by atoms with Crippen LogP contribution in [0.15, 0.2) is 45.1 Å². The summed E-state index contributed by atoms with van der Waals surface area (Å²) < 4.78 is 34.0. The first kappa shape index (κ1) is 30.9. The summed E-state index contributed by atoms with van der Waals surface area (Å²) in [6, 6.07) is 6.43. The van der Waals surface area contributed by atoms with E-state index in [4.69, 9.17) is 15.9 Å². The lowest BCUT2D eigenvalue weighted by atomic mass is 9.85. The Morgan fingerprint density at radius 2 is 1.86 bits per heavy atom. The van der Waals surface area contributed by atoms with E-state index in [0.29, 0.717) is 42.6 Å². The maximum Gasteiger partial charge on any atom is 0.309 e. The molecule has 12 heteroatoms. The van der Waals surface area contributed by atoms with Crippen LogP contribution in [0.25, 0.3) is 0 Å². The number of esters is 1. The Hall–Kier alpha value is -3.51. The van der Waals surface area contributed by atoms with E-state index in [1.807, 2.05) is 20.8 Å². The zero-order chi connectivity index (χ0) is 30.9. The lowest BCUT2D eigenvalue weighted by molar-refractivity contribution is -0.161. The van der Waals surface area contributed by atoms with Gasteiger partial charge in [-0.05, 0) is 89.1 Å². The first-order valence-corrected chi connectivity index (χ1v) is 16.5. The number of amidine groups is 1. The molecule has 11 nitrogen and oxygen atoms in total. The molecule has 0 bridgehead atoms. The molecule has 43 heavy (non-hydrogen) atoms. The van der Waals surface area contributed by atoms with Gasteiger partial charge in [-0.2, -0.15) is 4.31 Å². The number of carbonyl (C=O) groups is 1. The van der Waals surface area contributed by atoms with Crippen LogP contribution >= 0.6 is 0 Å². The number of fused-ring (bicyclic) bond motifs is 1.